The highest BCUT2D eigenvalue weighted by molar-refractivity contribution is 6.03. The third kappa shape index (κ3) is 6.02. The Morgan fingerprint density at radius 2 is 1.77 bits per heavy atom. The van der Waals surface area contributed by atoms with Crippen molar-refractivity contribution in [3.05, 3.63) is 65.0 Å². The summed E-state index contributed by atoms with van der Waals surface area (Å²) in [6.45, 7) is 0.329. The van der Waals surface area contributed by atoms with Crippen LogP contribution in [0.1, 0.15) is 34.3 Å². The zero-order valence-corrected chi connectivity index (χ0v) is 19.9. The van der Waals surface area contributed by atoms with Gasteiger partial charge in [0.1, 0.15) is 34.9 Å². The van der Waals surface area contributed by atoms with E-state index < -0.39 is 52.5 Å². The van der Waals surface area contributed by atoms with E-state index in [1.54, 1.807) is 6.07 Å². The van der Waals surface area contributed by atoms with E-state index in [-0.39, 0.29) is 36.0 Å². The van der Waals surface area contributed by atoms with Crippen molar-refractivity contribution in [2.45, 2.75) is 31.2 Å². The Balaban J connectivity index is 1.65. The number of alkyl halides is 6. The number of nitrogens with one attached hydrogen (secondary N) is 1. The molecule has 0 bridgehead atoms. The summed E-state index contributed by atoms with van der Waals surface area (Å²) in [5.74, 6) is -3.51. The van der Waals surface area contributed by atoms with Gasteiger partial charge in [-0.1, -0.05) is 0 Å². The highest BCUT2D eigenvalue weighted by atomic mass is 19.4. The maximum atomic E-state index is 13.9. The fourth-order valence-electron chi connectivity index (χ4n) is 4.26. The van der Waals surface area contributed by atoms with Crippen molar-refractivity contribution in [3.63, 3.8) is 0 Å². The molecule has 0 radical (unpaired) electrons. The standard InChI is InChI=1S/C25H19F7N6O/c26-14-5-3-13(4-6-14)19-10-18(24(27,28)29)17(11-33)23(36-19)38-9-1-2-15(12-38)35-20-8-7-16(22(34)37-20)21(39)25(30,31)32/h3-8,10,15H,1-2,9,12H2,(H3,34,35,37). The lowest BCUT2D eigenvalue weighted by Gasteiger charge is -2.35. The van der Waals surface area contributed by atoms with Gasteiger partial charge in [-0.3, -0.25) is 4.79 Å². The minimum Gasteiger partial charge on any atom is -0.383 e. The van der Waals surface area contributed by atoms with Crippen LogP contribution in [-0.4, -0.2) is 41.1 Å². The summed E-state index contributed by atoms with van der Waals surface area (Å²) in [5, 5.41) is 12.6. The third-order valence-electron chi connectivity index (χ3n) is 6.06. The van der Waals surface area contributed by atoms with Gasteiger partial charge in [-0.2, -0.15) is 31.6 Å². The van der Waals surface area contributed by atoms with Gasteiger partial charge in [0.2, 0.25) is 0 Å². The second-order valence-corrected chi connectivity index (χ2v) is 8.76. The summed E-state index contributed by atoms with van der Waals surface area (Å²) < 4.78 is 93.4. The van der Waals surface area contributed by atoms with E-state index in [4.69, 9.17) is 5.73 Å². The highest BCUT2D eigenvalue weighted by Crippen LogP contribution is 2.38. The molecule has 1 aliphatic rings. The van der Waals surface area contributed by atoms with E-state index in [0.717, 1.165) is 30.3 Å². The van der Waals surface area contributed by atoms with Crippen molar-refractivity contribution < 1.29 is 35.5 Å². The molecule has 1 aromatic carbocycles. The second kappa shape index (κ2) is 10.4. The molecule has 4 rings (SSSR count). The van der Waals surface area contributed by atoms with Crippen molar-refractivity contribution in [3.8, 4) is 17.3 Å². The van der Waals surface area contributed by atoms with E-state index in [0.29, 0.717) is 12.8 Å². The van der Waals surface area contributed by atoms with Gasteiger partial charge >= 0.3 is 12.4 Å². The van der Waals surface area contributed by atoms with E-state index >= 15 is 0 Å². The molecule has 204 valence electrons. The maximum Gasteiger partial charge on any atom is 0.455 e. The smallest absolute Gasteiger partial charge is 0.383 e. The number of piperidine rings is 1. The Kier molecular flexibility index (Phi) is 7.36. The predicted octanol–water partition coefficient (Wildman–Crippen LogP) is 5.58. The van der Waals surface area contributed by atoms with Crippen LogP contribution >= 0.6 is 0 Å². The summed E-state index contributed by atoms with van der Waals surface area (Å²) in [6, 6.07) is 8.61. The number of ketones is 1. The molecule has 1 saturated heterocycles. The van der Waals surface area contributed by atoms with Crippen LogP contribution in [0.4, 0.5) is 48.2 Å². The van der Waals surface area contributed by atoms with Crippen molar-refractivity contribution >= 4 is 23.2 Å². The van der Waals surface area contributed by atoms with Crippen LogP contribution in [0, 0.1) is 17.1 Å². The van der Waals surface area contributed by atoms with Gasteiger partial charge in [0.15, 0.2) is 0 Å². The molecule has 14 heteroatoms. The summed E-state index contributed by atoms with van der Waals surface area (Å²) in [7, 11) is 0. The van der Waals surface area contributed by atoms with E-state index in [9.17, 15) is 40.8 Å². The van der Waals surface area contributed by atoms with Gasteiger partial charge < -0.3 is 16.0 Å². The number of nitrogens with zero attached hydrogens (tertiary/aromatic N) is 4. The number of aromatic nitrogens is 2. The minimum atomic E-state index is -5.13. The number of benzene rings is 1. The number of hydrogen-bond acceptors (Lipinski definition) is 7. The monoisotopic (exact) mass is 552 g/mol. The number of hydrogen-bond donors (Lipinski definition) is 2. The van der Waals surface area contributed by atoms with Gasteiger partial charge in [-0.25, -0.2) is 14.4 Å². The molecular weight excluding hydrogens is 533 g/mol. The van der Waals surface area contributed by atoms with Gasteiger partial charge in [0.25, 0.3) is 5.78 Å². The molecule has 1 unspecified atom stereocenters. The van der Waals surface area contributed by atoms with Gasteiger partial charge in [-0.15, -0.1) is 0 Å². The molecule has 39 heavy (non-hydrogen) atoms. The molecule has 0 saturated carbocycles. The number of carbonyl (C=O) groups excluding carboxylic acids is 1. The number of halogens is 7. The van der Waals surface area contributed by atoms with Crippen LogP contribution in [0.15, 0.2) is 42.5 Å². The quantitative estimate of drug-likeness (QED) is 0.314. The molecule has 1 fully saturated rings. The number of nitriles is 1. The number of nitrogen functional groups attached to an aromatic ring is 1. The number of nitrogens with two attached hydrogens (primary N) is 1. The first-order valence-electron chi connectivity index (χ1n) is 11.5. The fraction of sp³-hybridized carbons (Fsp3) is 0.280. The number of rotatable bonds is 5. The summed E-state index contributed by atoms with van der Waals surface area (Å²) >= 11 is 0. The Morgan fingerprint density at radius 1 is 1.08 bits per heavy atom. The van der Waals surface area contributed by atoms with Crippen LogP contribution in [0.5, 0.6) is 0 Å². The van der Waals surface area contributed by atoms with Crippen LogP contribution in [0.3, 0.4) is 0 Å². The van der Waals surface area contributed by atoms with E-state index in [1.165, 1.54) is 17.0 Å². The van der Waals surface area contributed by atoms with Gasteiger partial charge in [0, 0.05) is 24.7 Å². The normalized spacial score (nSPS) is 16.1. The van der Waals surface area contributed by atoms with Crippen LogP contribution in [0.25, 0.3) is 11.3 Å². The lowest BCUT2D eigenvalue weighted by atomic mass is 10.0. The molecule has 3 aromatic rings. The molecule has 0 aliphatic carbocycles. The Labute approximate surface area is 217 Å². The molecule has 3 N–H and O–H groups in total. The Bertz CT molecular complexity index is 1430. The summed E-state index contributed by atoms with van der Waals surface area (Å²) in [5.41, 5.74) is 3.00. The lowest BCUT2D eigenvalue weighted by molar-refractivity contribution is -0.137. The largest absolute Gasteiger partial charge is 0.455 e. The van der Waals surface area contributed by atoms with Crippen molar-refractivity contribution in [1.29, 1.82) is 5.26 Å². The van der Waals surface area contributed by atoms with Crippen LogP contribution < -0.4 is 16.0 Å². The van der Waals surface area contributed by atoms with Crippen LogP contribution in [0.2, 0.25) is 0 Å². The topological polar surface area (TPSA) is 108 Å². The highest BCUT2D eigenvalue weighted by Gasteiger charge is 2.41. The second-order valence-electron chi connectivity index (χ2n) is 8.76. The number of anilines is 3. The number of pyridine rings is 2. The average molecular weight is 552 g/mol. The fourth-order valence-corrected chi connectivity index (χ4v) is 4.26. The Morgan fingerprint density at radius 3 is 2.36 bits per heavy atom. The molecule has 1 aliphatic heterocycles. The summed E-state index contributed by atoms with van der Waals surface area (Å²) in [6.07, 6.45) is -9.03. The minimum absolute atomic E-state index is 0.0579. The predicted molar refractivity (Wildman–Crippen MR) is 127 cm³/mol. The molecule has 0 spiro atoms. The van der Waals surface area contributed by atoms with Crippen molar-refractivity contribution in [2.24, 2.45) is 0 Å². The first kappa shape index (κ1) is 27.6. The summed E-state index contributed by atoms with van der Waals surface area (Å²) in [4.78, 5) is 21.1. The number of Topliss-reactive ketones (excluding diaryl/α,β-unsaturated/α-hetero) is 1. The van der Waals surface area contributed by atoms with Crippen molar-refractivity contribution in [1.82, 2.24) is 9.97 Å². The average Bonchev–Trinajstić information content (AvgIpc) is 2.87. The van der Waals surface area contributed by atoms with Gasteiger partial charge in [0.05, 0.1) is 16.8 Å². The first-order valence-corrected chi connectivity index (χ1v) is 11.5. The zero-order chi connectivity index (χ0) is 28.5. The van der Waals surface area contributed by atoms with E-state index in [1.807, 2.05) is 0 Å². The van der Waals surface area contributed by atoms with E-state index in [2.05, 4.69) is 15.3 Å². The third-order valence-corrected chi connectivity index (χ3v) is 6.06. The molecular formula is C25H19F7N6O. The number of carbonyl (C=O) groups is 1. The van der Waals surface area contributed by atoms with Gasteiger partial charge in [-0.05, 0) is 55.3 Å². The molecule has 7 nitrogen and oxygen atoms in total. The van der Waals surface area contributed by atoms with Crippen molar-refractivity contribution in [2.75, 3.05) is 29.0 Å². The first-order chi connectivity index (χ1) is 18.3. The SMILES string of the molecule is N#Cc1c(C(F)(F)F)cc(-c2ccc(F)cc2)nc1N1CCCC(Nc2ccc(C(=O)C(F)(F)F)c(N)n2)C1. The Hall–Kier alpha value is -4.41. The molecule has 3 heterocycles. The zero-order valence-electron chi connectivity index (χ0n) is 19.9. The molecule has 2 aromatic heterocycles. The van der Waals surface area contributed by atoms with Crippen LogP contribution in [-0.2, 0) is 6.18 Å². The lowest BCUT2D eigenvalue weighted by Crippen LogP contribution is -2.43. The maximum absolute atomic E-state index is 13.9. The molecule has 0 amide bonds. The molecule has 1 atom stereocenters.